The first-order chi connectivity index (χ1) is 0. The molecule has 0 aromatic rings. The van der Waals surface area contributed by atoms with Gasteiger partial charge in [-0.2, -0.15) is 0 Å². The molecule has 0 saturated carbocycles. The van der Waals surface area contributed by atoms with Crippen LogP contribution in [-0.4, -0.2) is 29.6 Å². The van der Waals surface area contributed by atoms with Crippen LogP contribution in [-0.2, 0) is 0 Å². The van der Waals surface area contributed by atoms with E-state index in [0.717, 1.165) is 0 Å². The van der Waals surface area contributed by atoms with Gasteiger partial charge in [-0.25, -0.2) is 0 Å². The van der Waals surface area contributed by atoms with Crippen LogP contribution in [0.3, 0.4) is 0 Å². The predicted molar refractivity (Wildman–Crippen MR) is 27.5 cm³/mol. The molecule has 0 radical (unpaired) electrons. The molecule has 6 heavy (non-hydrogen) atoms. The summed E-state index contributed by atoms with van der Waals surface area (Å²) in [5, 5.41) is 0. The fraction of sp³-hybridized carbons (Fsp3) is 0. The predicted octanol–water partition coefficient (Wildman–Crippen LogP) is 0.539. The average Bonchev–Trinajstić information content (AvgIpc) is 0. The van der Waals surface area contributed by atoms with E-state index in [4.69, 9.17) is 0 Å². The molecular formula is H6BrF4Na. The maximum atomic E-state index is 0. The Hall–Kier alpha value is 1.20. The Morgan fingerprint density at radius 1 is 0.500 bits per heavy atom. The summed E-state index contributed by atoms with van der Waals surface area (Å²) in [7, 11) is 0. The van der Waals surface area contributed by atoms with Crippen molar-refractivity contribution in [3.8, 4) is 0 Å². The number of rotatable bonds is 0. The van der Waals surface area contributed by atoms with Crippen LogP contribution in [0.2, 0.25) is 0 Å². The van der Waals surface area contributed by atoms with Crippen LogP contribution < -0.4 is 0 Å². The SMILES string of the molecule is Br.F.F.F.F.[NaH]. The van der Waals surface area contributed by atoms with Gasteiger partial charge < -0.3 is 0 Å². The zero-order chi connectivity index (χ0) is 0. The van der Waals surface area contributed by atoms with E-state index < -0.39 is 0 Å². The van der Waals surface area contributed by atoms with Crippen LogP contribution in [0.5, 0.6) is 0 Å². The standard InChI is InChI=1S/BrH.4FH.Na.H/h5*1H;;. The molecule has 0 aliphatic carbocycles. The van der Waals surface area contributed by atoms with Gasteiger partial charge >= 0.3 is 29.6 Å². The van der Waals surface area contributed by atoms with Crippen LogP contribution in [0.15, 0.2) is 0 Å². The summed E-state index contributed by atoms with van der Waals surface area (Å²) < 4.78 is 0. The summed E-state index contributed by atoms with van der Waals surface area (Å²) in [6, 6.07) is 0. The van der Waals surface area contributed by atoms with Gasteiger partial charge in [0.15, 0.2) is 0 Å². The summed E-state index contributed by atoms with van der Waals surface area (Å²) in [5.41, 5.74) is 0. The van der Waals surface area contributed by atoms with Crippen LogP contribution in [0.25, 0.3) is 0 Å². The van der Waals surface area contributed by atoms with Crippen molar-refractivity contribution in [2.24, 2.45) is 0 Å². The van der Waals surface area contributed by atoms with E-state index in [9.17, 15) is 0 Å². The first kappa shape index (κ1) is 192. The molecule has 0 saturated heterocycles. The number of hydrogen-bond donors (Lipinski definition) is 0. The zero-order valence-electron chi connectivity index (χ0n) is 2.04. The van der Waals surface area contributed by atoms with Gasteiger partial charge in [0.1, 0.15) is 0 Å². The minimum absolute atomic E-state index is 0. The summed E-state index contributed by atoms with van der Waals surface area (Å²) in [6.45, 7) is 0. The van der Waals surface area contributed by atoms with Gasteiger partial charge in [-0.1, -0.05) is 0 Å². The second kappa shape index (κ2) is 116. The van der Waals surface area contributed by atoms with Crippen molar-refractivity contribution in [2.45, 2.75) is 0 Å². The first-order valence-corrected chi connectivity index (χ1v) is 0. The average molecular weight is 185 g/mol. The fourth-order valence-electron chi connectivity index (χ4n) is 0. The topological polar surface area (TPSA) is 0 Å². The van der Waals surface area contributed by atoms with E-state index in [-0.39, 0.29) is 65.4 Å². The second-order valence-electron chi connectivity index (χ2n) is 0. The van der Waals surface area contributed by atoms with E-state index in [0.29, 0.717) is 0 Å². The molecule has 0 aromatic carbocycles. The van der Waals surface area contributed by atoms with Gasteiger partial charge in [0, 0.05) is 0 Å². The van der Waals surface area contributed by atoms with Crippen molar-refractivity contribution in [1.82, 2.24) is 0 Å². The first-order valence-electron chi connectivity index (χ1n) is 0. The summed E-state index contributed by atoms with van der Waals surface area (Å²) >= 11 is 0. The van der Waals surface area contributed by atoms with Crippen LogP contribution in [0.1, 0.15) is 0 Å². The van der Waals surface area contributed by atoms with Crippen molar-refractivity contribution in [2.75, 3.05) is 0 Å². The van der Waals surface area contributed by atoms with E-state index in [1.807, 2.05) is 0 Å². The Morgan fingerprint density at radius 2 is 0.500 bits per heavy atom. The Labute approximate surface area is 65.2 Å². The molecule has 0 fully saturated rings. The van der Waals surface area contributed by atoms with Crippen LogP contribution in [0, 0.1) is 0 Å². The molecule has 0 rings (SSSR count). The van der Waals surface area contributed by atoms with E-state index in [1.54, 1.807) is 0 Å². The van der Waals surface area contributed by atoms with E-state index in [2.05, 4.69) is 0 Å². The van der Waals surface area contributed by atoms with Crippen molar-refractivity contribution < 1.29 is 18.8 Å². The molecule has 0 unspecified atom stereocenters. The van der Waals surface area contributed by atoms with Crippen molar-refractivity contribution in [3.63, 3.8) is 0 Å². The van der Waals surface area contributed by atoms with Gasteiger partial charge in [-0.3, -0.25) is 18.8 Å². The molecular weight excluding hydrogens is 179 g/mol. The second-order valence-corrected chi connectivity index (χ2v) is 0. The normalized spacial score (nSPS) is 0. The molecule has 6 heteroatoms. The van der Waals surface area contributed by atoms with Crippen LogP contribution >= 0.6 is 17.0 Å². The quantitative estimate of drug-likeness (QED) is 0.381. The van der Waals surface area contributed by atoms with E-state index in [1.165, 1.54) is 0 Å². The third-order valence-electron chi connectivity index (χ3n) is 0. The summed E-state index contributed by atoms with van der Waals surface area (Å²) in [5.74, 6) is 0. The van der Waals surface area contributed by atoms with Crippen molar-refractivity contribution in [3.05, 3.63) is 0 Å². The summed E-state index contributed by atoms with van der Waals surface area (Å²) in [6.07, 6.45) is 0. The van der Waals surface area contributed by atoms with Crippen molar-refractivity contribution >= 4 is 46.5 Å². The molecule has 0 atom stereocenters. The van der Waals surface area contributed by atoms with Gasteiger partial charge in [0.25, 0.3) is 0 Å². The molecule has 0 aliphatic heterocycles. The van der Waals surface area contributed by atoms with Gasteiger partial charge in [0.2, 0.25) is 0 Å². The molecule has 0 heterocycles. The third kappa shape index (κ3) is 63.7. The molecule has 0 aliphatic rings. The van der Waals surface area contributed by atoms with Gasteiger partial charge in [0.05, 0.1) is 0 Å². The van der Waals surface area contributed by atoms with Gasteiger partial charge in [-0.05, 0) is 0 Å². The molecule has 0 aromatic heterocycles. The van der Waals surface area contributed by atoms with Crippen LogP contribution in [0.4, 0.5) is 18.8 Å². The Morgan fingerprint density at radius 3 is 0.500 bits per heavy atom. The monoisotopic (exact) mass is 184 g/mol. The number of halogens is 5. The Kier molecular flexibility index (Phi) is 3730. The van der Waals surface area contributed by atoms with E-state index >= 15 is 0 Å². The Bertz CT molecular complexity index is 7.51. The molecule has 0 nitrogen and oxygen atoms in total. The van der Waals surface area contributed by atoms with Gasteiger partial charge in [-0.15, -0.1) is 17.0 Å². The Balaban J connectivity index is 0. The number of hydrogen-bond acceptors (Lipinski definition) is 0. The zero-order valence-corrected chi connectivity index (χ0v) is 3.75. The maximum absolute atomic E-state index is 0. The minimum atomic E-state index is 0. The fourth-order valence-corrected chi connectivity index (χ4v) is 0. The molecule has 0 spiro atoms. The van der Waals surface area contributed by atoms with Crippen molar-refractivity contribution in [1.29, 1.82) is 0 Å². The molecule has 0 bridgehead atoms. The molecule has 0 amide bonds. The summed E-state index contributed by atoms with van der Waals surface area (Å²) in [4.78, 5) is 0. The third-order valence-corrected chi connectivity index (χ3v) is 0. The molecule has 0 N–H and O–H groups in total. The molecule has 42 valence electrons.